The molecule has 20 heavy (non-hydrogen) atoms. The zero-order chi connectivity index (χ0) is 14.5. The summed E-state index contributed by atoms with van der Waals surface area (Å²) in [6, 6.07) is 4.55. The van der Waals surface area contributed by atoms with Gasteiger partial charge in [0.1, 0.15) is 5.03 Å². The summed E-state index contributed by atoms with van der Waals surface area (Å²) >= 11 is 1.03. The Labute approximate surface area is 119 Å². The molecule has 0 aliphatic heterocycles. The first-order chi connectivity index (χ1) is 9.63. The molecule has 0 aromatic carbocycles. The summed E-state index contributed by atoms with van der Waals surface area (Å²) in [5.74, 6) is -0.408. The monoisotopic (exact) mass is 293 g/mol. The Hall–Kier alpha value is -2.35. The lowest BCUT2D eigenvalue weighted by Crippen LogP contribution is -2.01. The van der Waals surface area contributed by atoms with Crippen LogP contribution in [0.5, 0.6) is 11.8 Å². The molecule has 2 heterocycles. The third-order valence-corrected chi connectivity index (χ3v) is 3.15. The van der Waals surface area contributed by atoms with Crippen LogP contribution in [0.4, 0.5) is 0 Å². The minimum atomic E-state index is -1.06. The number of carbonyl (C=O) groups is 1. The van der Waals surface area contributed by atoms with Gasteiger partial charge >= 0.3 is 5.97 Å². The lowest BCUT2D eigenvalue weighted by Gasteiger charge is -2.06. The standard InChI is InChI=1S/C12H11N3O4S/c1-18-8-6-9(19-2)15-12(14-8)20-10-7(11(16)17)4-3-5-13-10/h3-6H,1-2H3,(H,16,17). The smallest absolute Gasteiger partial charge is 0.338 e. The van der Waals surface area contributed by atoms with Crippen molar-refractivity contribution in [3.05, 3.63) is 30.0 Å². The van der Waals surface area contributed by atoms with Crippen LogP contribution in [0.2, 0.25) is 0 Å². The van der Waals surface area contributed by atoms with Crippen molar-refractivity contribution < 1.29 is 19.4 Å². The van der Waals surface area contributed by atoms with Crippen LogP contribution < -0.4 is 9.47 Å². The molecule has 2 aromatic rings. The van der Waals surface area contributed by atoms with Crippen molar-refractivity contribution in [3.8, 4) is 11.8 Å². The van der Waals surface area contributed by atoms with Crippen molar-refractivity contribution in [2.24, 2.45) is 0 Å². The summed E-state index contributed by atoms with van der Waals surface area (Å²) < 4.78 is 10.1. The molecule has 2 rings (SSSR count). The van der Waals surface area contributed by atoms with Crippen molar-refractivity contribution in [2.75, 3.05) is 14.2 Å². The molecule has 0 aliphatic carbocycles. The summed E-state index contributed by atoms with van der Waals surface area (Å²) in [5, 5.41) is 9.70. The Morgan fingerprint density at radius 2 is 1.90 bits per heavy atom. The molecule has 0 bridgehead atoms. The first kappa shape index (κ1) is 14.1. The van der Waals surface area contributed by atoms with Gasteiger partial charge in [-0.2, -0.15) is 9.97 Å². The predicted molar refractivity (Wildman–Crippen MR) is 70.5 cm³/mol. The summed E-state index contributed by atoms with van der Waals surface area (Å²) in [7, 11) is 2.94. The Balaban J connectivity index is 2.37. The molecule has 0 spiro atoms. The summed E-state index contributed by atoms with van der Waals surface area (Å²) in [6.45, 7) is 0. The minimum absolute atomic E-state index is 0.0860. The molecule has 0 aliphatic rings. The number of hydrogen-bond donors (Lipinski definition) is 1. The zero-order valence-electron chi connectivity index (χ0n) is 10.7. The highest BCUT2D eigenvalue weighted by Gasteiger charge is 2.14. The lowest BCUT2D eigenvalue weighted by atomic mass is 10.3. The number of pyridine rings is 1. The van der Waals surface area contributed by atoms with Gasteiger partial charge in [-0.15, -0.1) is 0 Å². The van der Waals surface area contributed by atoms with Crippen molar-refractivity contribution in [2.45, 2.75) is 10.2 Å². The fourth-order valence-electron chi connectivity index (χ4n) is 1.36. The molecule has 0 fully saturated rings. The Kier molecular flexibility index (Phi) is 4.36. The van der Waals surface area contributed by atoms with E-state index in [0.717, 1.165) is 11.8 Å². The SMILES string of the molecule is COc1cc(OC)nc(Sc2ncccc2C(=O)O)n1. The van der Waals surface area contributed by atoms with E-state index in [1.807, 2.05) is 0 Å². The predicted octanol–water partition coefficient (Wildman–Crippen LogP) is 1.74. The first-order valence-corrected chi connectivity index (χ1v) is 6.29. The Bertz CT molecular complexity index is 614. The quantitative estimate of drug-likeness (QED) is 0.833. The molecule has 7 nitrogen and oxygen atoms in total. The van der Waals surface area contributed by atoms with E-state index in [2.05, 4.69) is 15.0 Å². The number of carboxylic acid groups (broad SMARTS) is 1. The van der Waals surface area contributed by atoms with E-state index < -0.39 is 5.97 Å². The van der Waals surface area contributed by atoms with Gasteiger partial charge in [-0.3, -0.25) is 0 Å². The lowest BCUT2D eigenvalue weighted by molar-refractivity contribution is 0.0692. The number of carboxylic acids is 1. The number of methoxy groups -OCH3 is 2. The van der Waals surface area contributed by atoms with Crippen LogP contribution in [-0.4, -0.2) is 40.2 Å². The maximum atomic E-state index is 11.1. The van der Waals surface area contributed by atoms with E-state index in [-0.39, 0.29) is 5.56 Å². The number of ether oxygens (including phenoxy) is 2. The molecule has 0 unspecified atom stereocenters. The molecular formula is C12H11N3O4S. The molecule has 0 saturated heterocycles. The van der Waals surface area contributed by atoms with E-state index in [4.69, 9.17) is 14.6 Å². The van der Waals surface area contributed by atoms with Gasteiger partial charge < -0.3 is 14.6 Å². The van der Waals surface area contributed by atoms with E-state index in [1.54, 1.807) is 6.07 Å². The van der Waals surface area contributed by atoms with E-state index in [1.165, 1.54) is 32.5 Å². The number of rotatable bonds is 5. The van der Waals surface area contributed by atoms with Crippen LogP contribution in [-0.2, 0) is 0 Å². The van der Waals surface area contributed by atoms with Crippen LogP contribution in [0, 0.1) is 0 Å². The Morgan fingerprint density at radius 3 is 2.45 bits per heavy atom. The van der Waals surface area contributed by atoms with Crippen LogP contribution >= 0.6 is 11.8 Å². The molecule has 8 heteroatoms. The van der Waals surface area contributed by atoms with Gasteiger partial charge in [0.15, 0.2) is 0 Å². The maximum Gasteiger partial charge on any atom is 0.338 e. The maximum absolute atomic E-state index is 11.1. The molecule has 104 valence electrons. The average Bonchev–Trinajstić information content (AvgIpc) is 2.47. The largest absolute Gasteiger partial charge is 0.481 e. The van der Waals surface area contributed by atoms with Crippen LogP contribution in [0.15, 0.2) is 34.6 Å². The molecule has 0 amide bonds. The molecule has 0 saturated carbocycles. The first-order valence-electron chi connectivity index (χ1n) is 5.47. The van der Waals surface area contributed by atoms with Crippen LogP contribution in [0.1, 0.15) is 10.4 Å². The fourth-order valence-corrected chi connectivity index (χ4v) is 2.18. The molecule has 1 N–H and O–H groups in total. The topological polar surface area (TPSA) is 94.4 Å². The van der Waals surface area contributed by atoms with Crippen molar-refractivity contribution >= 4 is 17.7 Å². The second-order valence-corrected chi connectivity index (χ2v) is 4.45. The highest BCUT2D eigenvalue weighted by molar-refractivity contribution is 7.99. The third kappa shape index (κ3) is 3.15. The van der Waals surface area contributed by atoms with Gasteiger partial charge in [-0.1, -0.05) is 0 Å². The average molecular weight is 293 g/mol. The van der Waals surface area contributed by atoms with Gasteiger partial charge in [-0.25, -0.2) is 9.78 Å². The van der Waals surface area contributed by atoms with E-state index >= 15 is 0 Å². The number of nitrogens with zero attached hydrogens (tertiary/aromatic N) is 3. The van der Waals surface area contributed by atoms with Gasteiger partial charge in [0.05, 0.1) is 25.8 Å². The Morgan fingerprint density at radius 1 is 1.25 bits per heavy atom. The summed E-state index contributed by atoms with van der Waals surface area (Å²) in [6.07, 6.45) is 1.51. The fraction of sp³-hybridized carbons (Fsp3) is 0.167. The van der Waals surface area contributed by atoms with Crippen molar-refractivity contribution in [1.29, 1.82) is 0 Å². The molecule has 0 radical (unpaired) electrons. The van der Waals surface area contributed by atoms with E-state index in [0.29, 0.717) is 21.9 Å². The van der Waals surface area contributed by atoms with Crippen LogP contribution in [0.25, 0.3) is 0 Å². The van der Waals surface area contributed by atoms with Crippen molar-refractivity contribution in [1.82, 2.24) is 15.0 Å². The molecular weight excluding hydrogens is 282 g/mol. The van der Waals surface area contributed by atoms with Gasteiger partial charge in [0.2, 0.25) is 16.9 Å². The second kappa shape index (κ2) is 6.20. The van der Waals surface area contributed by atoms with Crippen molar-refractivity contribution in [3.63, 3.8) is 0 Å². The summed E-state index contributed by atoms with van der Waals surface area (Å²) in [5.41, 5.74) is 0.0860. The molecule has 2 aromatic heterocycles. The van der Waals surface area contributed by atoms with Gasteiger partial charge in [0.25, 0.3) is 0 Å². The second-order valence-electron chi connectivity index (χ2n) is 3.50. The number of hydrogen-bond acceptors (Lipinski definition) is 7. The highest BCUT2D eigenvalue weighted by Crippen LogP contribution is 2.28. The third-order valence-electron chi connectivity index (χ3n) is 2.27. The number of aromatic nitrogens is 3. The minimum Gasteiger partial charge on any atom is -0.481 e. The zero-order valence-corrected chi connectivity index (χ0v) is 11.5. The normalized spacial score (nSPS) is 10.1. The van der Waals surface area contributed by atoms with E-state index in [9.17, 15) is 4.79 Å². The van der Waals surface area contributed by atoms with Gasteiger partial charge in [-0.05, 0) is 23.9 Å². The molecule has 0 atom stereocenters. The van der Waals surface area contributed by atoms with Gasteiger partial charge in [0, 0.05) is 6.20 Å². The van der Waals surface area contributed by atoms with Crippen LogP contribution in [0.3, 0.4) is 0 Å². The number of aromatic carboxylic acids is 1. The highest BCUT2D eigenvalue weighted by atomic mass is 32.2. The summed E-state index contributed by atoms with van der Waals surface area (Å²) in [4.78, 5) is 23.4.